The molecule has 4 aromatic rings. The summed E-state index contributed by atoms with van der Waals surface area (Å²) < 4.78 is 32.2. The van der Waals surface area contributed by atoms with Gasteiger partial charge in [0.05, 0.1) is 31.7 Å². The number of benzene rings is 4. The second-order valence-corrected chi connectivity index (χ2v) is 11.4. The molecule has 0 spiro atoms. The van der Waals surface area contributed by atoms with E-state index in [0.29, 0.717) is 26.4 Å². The molecule has 0 saturated carbocycles. The molecule has 214 valence electrons. The Labute approximate surface area is 247 Å². The van der Waals surface area contributed by atoms with E-state index in [4.69, 9.17) is 23.7 Å². The average molecular weight is 571 g/mol. The largest absolute Gasteiger partial charge is 0.374 e. The van der Waals surface area contributed by atoms with Gasteiger partial charge in [0.1, 0.15) is 18.3 Å². The first-order valence-corrected chi connectivity index (χ1v) is 14.9. The topological polar surface area (TPSA) is 46.2 Å². The minimum atomic E-state index is -0.512. The highest BCUT2D eigenvalue weighted by atomic mass is 32.2. The molecule has 0 bridgehead atoms. The number of ether oxygens (including phenoxy) is 5. The van der Waals surface area contributed by atoms with E-state index in [9.17, 15) is 0 Å². The van der Waals surface area contributed by atoms with Gasteiger partial charge in [-0.1, -0.05) is 109 Å². The minimum Gasteiger partial charge on any atom is -0.374 e. The van der Waals surface area contributed by atoms with Crippen molar-refractivity contribution in [2.24, 2.45) is 0 Å². The molecule has 6 heteroatoms. The highest BCUT2D eigenvalue weighted by molar-refractivity contribution is 8.00. The van der Waals surface area contributed by atoms with Gasteiger partial charge >= 0.3 is 0 Å². The summed E-state index contributed by atoms with van der Waals surface area (Å²) in [6.45, 7) is 3.85. The third-order valence-corrected chi connectivity index (χ3v) is 8.62. The first-order valence-electron chi connectivity index (χ1n) is 14.0. The van der Waals surface area contributed by atoms with Crippen LogP contribution < -0.4 is 0 Å². The van der Waals surface area contributed by atoms with Crippen molar-refractivity contribution in [3.05, 3.63) is 138 Å². The average Bonchev–Trinajstić information content (AvgIpc) is 3.02. The molecular weight excluding hydrogens is 532 g/mol. The summed E-state index contributed by atoms with van der Waals surface area (Å²) in [5, 5.41) is -0.170. The maximum atomic E-state index is 6.76. The van der Waals surface area contributed by atoms with Gasteiger partial charge in [-0.25, -0.2) is 0 Å². The van der Waals surface area contributed by atoms with Gasteiger partial charge in [0.15, 0.2) is 6.29 Å². The van der Waals surface area contributed by atoms with Gasteiger partial charge in [0.2, 0.25) is 0 Å². The van der Waals surface area contributed by atoms with Crippen LogP contribution in [0.25, 0.3) is 0 Å². The van der Waals surface area contributed by atoms with E-state index in [0.717, 1.165) is 21.6 Å². The van der Waals surface area contributed by atoms with Crippen LogP contribution in [0.4, 0.5) is 0 Å². The molecule has 0 N–H and O–H groups in total. The molecule has 1 fully saturated rings. The van der Waals surface area contributed by atoms with Crippen LogP contribution in [0.2, 0.25) is 0 Å². The lowest BCUT2D eigenvalue weighted by atomic mass is 10.00. The number of aryl methyl sites for hydroxylation is 1. The molecule has 4 aromatic carbocycles. The fourth-order valence-corrected chi connectivity index (χ4v) is 6.31. The lowest BCUT2D eigenvalue weighted by molar-refractivity contribution is -0.268. The lowest BCUT2D eigenvalue weighted by Gasteiger charge is -2.45. The van der Waals surface area contributed by atoms with Gasteiger partial charge in [-0.05, 0) is 35.2 Å². The van der Waals surface area contributed by atoms with Crippen LogP contribution >= 0.6 is 11.8 Å². The quantitative estimate of drug-likeness (QED) is 0.169. The van der Waals surface area contributed by atoms with Crippen molar-refractivity contribution in [2.75, 3.05) is 13.7 Å². The van der Waals surface area contributed by atoms with E-state index in [-0.39, 0.29) is 23.6 Å². The summed E-state index contributed by atoms with van der Waals surface area (Å²) in [5.74, 6) is 0. The van der Waals surface area contributed by atoms with Crippen LogP contribution in [-0.2, 0) is 43.5 Å². The lowest BCUT2D eigenvalue weighted by Crippen LogP contribution is -2.59. The Morgan fingerprint density at radius 2 is 1.15 bits per heavy atom. The van der Waals surface area contributed by atoms with E-state index in [1.165, 1.54) is 5.56 Å². The molecule has 41 heavy (non-hydrogen) atoms. The van der Waals surface area contributed by atoms with Crippen molar-refractivity contribution in [1.29, 1.82) is 0 Å². The second-order valence-electron chi connectivity index (χ2n) is 10.1. The van der Waals surface area contributed by atoms with Crippen LogP contribution in [0.1, 0.15) is 22.3 Å². The number of methoxy groups -OCH3 is 1. The Hall–Kier alpha value is -2.97. The smallest absolute Gasteiger partial charge is 0.172 e. The van der Waals surface area contributed by atoms with Crippen LogP contribution in [0, 0.1) is 6.92 Å². The van der Waals surface area contributed by atoms with E-state index >= 15 is 0 Å². The third-order valence-electron chi connectivity index (χ3n) is 7.14. The van der Waals surface area contributed by atoms with E-state index in [1.54, 1.807) is 18.9 Å². The fraction of sp³-hybridized carbons (Fsp3) is 0.314. The van der Waals surface area contributed by atoms with Crippen molar-refractivity contribution >= 4 is 11.8 Å². The zero-order valence-electron chi connectivity index (χ0n) is 23.6. The highest BCUT2D eigenvalue weighted by Crippen LogP contribution is 2.39. The normalized spacial score (nSPS) is 22.4. The maximum Gasteiger partial charge on any atom is 0.172 e. The summed E-state index contributed by atoms with van der Waals surface area (Å²) in [4.78, 5) is 1.16. The predicted octanol–water partition coefficient (Wildman–Crippen LogP) is 7.21. The van der Waals surface area contributed by atoms with Gasteiger partial charge in [-0.15, -0.1) is 11.8 Å². The Bertz CT molecular complexity index is 1300. The zero-order chi connectivity index (χ0) is 28.3. The van der Waals surface area contributed by atoms with Gasteiger partial charge in [0.25, 0.3) is 0 Å². The maximum absolute atomic E-state index is 6.76. The molecule has 0 unspecified atom stereocenters. The minimum absolute atomic E-state index is 0.170. The van der Waals surface area contributed by atoms with Gasteiger partial charge < -0.3 is 23.7 Å². The predicted molar refractivity (Wildman–Crippen MR) is 163 cm³/mol. The van der Waals surface area contributed by atoms with E-state index < -0.39 is 6.29 Å². The van der Waals surface area contributed by atoms with Crippen LogP contribution in [0.5, 0.6) is 0 Å². The Morgan fingerprint density at radius 1 is 0.634 bits per heavy atom. The van der Waals surface area contributed by atoms with Crippen molar-refractivity contribution in [3.63, 3.8) is 0 Å². The summed E-state index contributed by atoms with van der Waals surface area (Å²) in [6.07, 6.45) is -1.61. The molecule has 5 atom stereocenters. The number of hydrogen-bond donors (Lipinski definition) is 0. The number of thioether (sulfide) groups is 1. The highest BCUT2D eigenvalue weighted by Gasteiger charge is 2.48. The Kier molecular flexibility index (Phi) is 11.0. The van der Waals surface area contributed by atoms with Gasteiger partial charge in [-0.3, -0.25) is 0 Å². The first-order chi connectivity index (χ1) is 20.2. The molecule has 0 amide bonds. The molecule has 5 rings (SSSR count). The van der Waals surface area contributed by atoms with E-state index in [1.807, 2.05) is 54.6 Å². The van der Waals surface area contributed by atoms with Crippen molar-refractivity contribution in [1.82, 2.24) is 0 Å². The zero-order valence-corrected chi connectivity index (χ0v) is 24.5. The SMILES string of the molecule is CO[C@@H]1O[C@H](COCc2ccccc2)[C@@H](OCc2ccccc2)[C@H](OCc2ccccc2)[C@H]1Sc1ccccc1C. The van der Waals surface area contributed by atoms with Crippen molar-refractivity contribution in [2.45, 2.75) is 61.5 Å². The summed E-state index contributed by atoms with van der Waals surface area (Å²) >= 11 is 1.72. The summed E-state index contributed by atoms with van der Waals surface area (Å²) in [5.41, 5.74) is 4.50. The van der Waals surface area contributed by atoms with Gasteiger partial charge in [0, 0.05) is 12.0 Å². The molecule has 1 aliphatic heterocycles. The van der Waals surface area contributed by atoms with Crippen LogP contribution in [0.3, 0.4) is 0 Å². The standard InChI is InChI=1S/C35H38O5S/c1-26-14-12-13-21-31(26)41-34-33(39-24-29-19-10-5-11-20-29)32(38-23-28-17-8-4-9-18-28)30(40-35(34)36-2)25-37-22-27-15-6-3-7-16-27/h3-21,30,32-35H,22-25H2,1-2H3/t30-,32-,33+,34-,35-/m1/s1. The molecule has 0 aliphatic carbocycles. The Morgan fingerprint density at radius 3 is 1.71 bits per heavy atom. The third kappa shape index (κ3) is 8.29. The van der Waals surface area contributed by atoms with E-state index in [2.05, 4.69) is 67.6 Å². The summed E-state index contributed by atoms with van der Waals surface area (Å²) in [6, 6.07) is 39.0. The number of rotatable bonds is 13. The molecule has 1 aliphatic rings. The second kappa shape index (κ2) is 15.3. The van der Waals surface area contributed by atoms with Crippen LogP contribution in [0.15, 0.2) is 120 Å². The molecule has 0 aromatic heterocycles. The van der Waals surface area contributed by atoms with Crippen molar-refractivity contribution < 1.29 is 23.7 Å². The molecule has 0 radical (unpaired) electrons. The first kappa shape index (κ1) is 29.5. The van der Waals surface area contributed by atoms with Crippen LogP contribution in [-0.4, -0.2) is 43.6 Å². The molecule has 1 heterocycles. The summed E-state index contributed by atoms with van der Waals surface area (Å²) in [7, 11) is 1.69. The monoisotopic (exact) mass is 570 g/mol. The number of hydrogen-bond acceptors (Lipinski definition) is 6. The Balaban J connectivity index is 1.42. The fourth-order valence-electron chi connectivity index (χ4n) is 4.95. The molecule has 1 saturated heterocycles. The molecule has 5 nitrogen and oxygen atoms in total. The molecular formula is C35H38O5S. The van der Waals surface area contributed by atoms with Gasteiger partial charge in [-0.2, -0.15) is 0 Å². The van der Waals surface area contributed by atoms with Crippen molar-refractivity contribution in [3.8, 4) is 0 Å².